The fraction of sp³-hybridized carbons (Fsp3) is 0.636. The molecular weight excluding hydrogens is 491 g/mol. The fourth-order valence-corrected chi connectivity index (χ4v) is 7.61. The summed E-state index contributed by atoms with van der Waals surface area (Å²) >= 11 is 0. The van der Waals surface area contributed by atoms with Gasteiger partial charge in [0.05, 0.1) is 0 Å². The Morgan fingerprint density at radius 3 is 1.37 bits per heavy atom. The Hall–Kier alpha value is -1.77. The van der Waals surface area contributed by atoms with Crippen LogP contribution in [0.4, 0.5) is 0 Å². The van der Waals surface area contributed by atoms with Gasteiger partial charge in [-0.3, -0.25) is 4.89 Å². The second kappa shape index (κ2) is 10.3. The van der Waals surface area contributed by atoms with Crippen LogP contribution in [-0.2, 0) is 21.8 Å². The van der Waals surface area contributed by atoms with Gasteiger partial charge in [0.15, 0.2) is 0 Å². The molecule has 0 radical (unpaired) electrons. The lowest BCUT2D eigenvalue weighted by Gasteiger charge is -2.33. The average molecular weight is 539 g/mol. The lowest BCUT2D eigenvalue weighted by atomic mass is 9.77. The molecule has 0 unspecified atom stereocenters. The average Bonchev–Trinajstić information content (AvgIpc) is 2.84. The Balaban J connectivity index is 1.73. The molecule has 4 nitrogen and oxygen atoms in total. The van der Waals surface area contributed by atoms with Gasteiger partial charge in [-0.1, -0.05) is 104 Å². The quantitative estimate of drug-likeness (QED) is 0.387. The van der Waals surface area contributed by atoms with Crippen LogP contribution in [0.25, 0.3) is 0 Å². The third-order valence-corrected chi connectivity index (χ3v) is 9.83. The smallest absolute Gasteiger partial charge is 0.395 e. The summed E-state index contributed by atoms with van der Waals surface area (Å²) in [5.74, 6) is 1.86. The van der Waals surface area contributed by atoms with Crippen molar-refractivity contribution in [1.82, 2.24) is 0 Å². The molecule has 2 aromatic carbocycles. The molecule has 2 aliphatic carbocycles. The van der Waals surface area contributed by atoms with E-state index in [0.29, 0.717) is 29.8 Å². The summed E-state index contributed by atoms with van der Waals surface area (Å²) in [4.78, 5) is 11.2. The van der Waals surface area contributed by atoms with Gasteiger partial charge < -0.3 is 9.05 Å². The van der Waals surface area contributed by atoms with Gasteiger partial charge >= 0.3 is 7.82 Å². The standard InChI is InChI=1S/C33H47O4P/c1-32(2,3)26-18-24-17-25-19-27(33(4,5)6)21-29(23-15-11-8-12-16-23)31(25)37-38(34,35)36-30(24)28(20-26)22-13-9-7-10-14-22/h18-23H,7-17H2,1-6H3,(H,34,35). The van der Waals surface area contributed by atoms with Crippen molar-refractivity contribution in [2.75, 3.05) is 0 Å². The molecule has 0 bridgehead atoms. The topological polar surface area (TPSA) is 55.8 Å². The highest BCUT2D eigenvalue weighted by Gasteiger charge is 2.37. The maximum atomic E-state index is 13.7. The predicted molar refractivity (Wildman–Crippen MR) is 156 cm³/mol. The minimum Gasteiger partial charge on any atom is -0.395 e. The number of phosphoric ester groups is 1. The molecule has 0 atom stereocenters. The Kier molecular flexibility index (Phi) is 7.55. The van der Waals surface area contributed by atoms with E-state index < -0.39 is 7.82 Å². The van der Waals surface area contributed by atoms with Gasteiger partial charge in [0.2, 0.25) is 0 Å². The van der Waals surface area contributed by atoms with Crippen molar-refractivity contribution in [2.45, 2.75) is 135 Å². The number of hydrogen-bond donors (Lipinski definition) is 1. The van der Waals surface area contributed by atoms with Crippen LogP contribution in [0.1, 0.15) is 151 Å². The van der Waals surface area contributed by atoms with Crippen molar-refractivity contribution in [2.24, 2.45) is 0 Å². The molecule has 0 spiro atoms. The minimum absolute atomic E-state index is 0.0381. The number of rotatable bonds is 2. The number of phosphoric acid groups is 1. The van der Waals surface area contributed by atoms with Gasteiger partial charge in [-0.2, -0.15) is 0 Å². The third-order valence-electron chi connectivity index (χ3n) is 9.01. The van der Waals surface area contributed by atoms with E-state index in [2.05, 4.69) is 65.8 Å². The Morgan fingerprint density at radius 1 is 0.658 bits per heavy atom. The van der Waals surface area contributed by atoms with Crippen molar-refractivity contribution in [3.05, 3.63) is 57.6 Å². The molecule has 1 heterocycles. The summed E-state index contributed by atoms with van der Waals surface area (Å²) < 4.78 is 25.8. The Morgan fingerprint density at radius 2 is 1.03 bits per heavy atom. The van der Waals surface area contributed by atoms with Crippen molar-refractivity contribution in [3.8, 4) is 11.5 Å². The van der Waals surface area contributed by atoms with E-state index in [4.69, 9.17) is 9.05 Å². The van der Waals surface area contributed by atoms with Gasteiger partial charge in [-0.25, -0.2) is 4.57 Å². The molecule has 38 heavy (non-hydrogen) atoms. The van der Waals surface area contributed by atoms with Crippen LogP contribution >= 0.6 is 7.82 Å². The van der Waals surface area contributed by atoms with Crippen molar-refractivity contribution >= 4 is 7.82 Å². The van der Waals surface area contributed by atoms with Crippen molar-refractivity contribution in [1.29, 1.82) is 0 Å². The minimum atomic E-state index is -4.39. The molecule has 2 aromatic rings. The number of fused-ring (bicyclic) bond motifs is 2. The van der Waals surface area contributed by atoms with E-state index in [1.807, 2.05) is 0 Å². The molecule has 2 fully saturated rings. The third kappa shape index (κ3) is 5.87. The monoisotopic (exact) mass is 538 g/mol. The summed E-state index contributed by atoms with van der Waals surface area (Å²) in [7, 11) is -4.39. The summed E-state index contributed by atoms with van der Waals surface area (Å²) in [5, 5.41) is 0. The van der Waals surface area contributed by atoms with E-state index in [1.165, 1.54) is 49.7 Å². The summed E-state index contributed by atoms with van der Waals surface area (Å²) in [6.45, 7) is 13.5. The van der Waals surface area contributed by atoms with Crippen LogP contribution in [0.5, 0.6) is 11.5 Å². The zero-order valence-electron chi connectivity index (χ0n) is 24.4. The van der Waals surface area contributed by atoms with Gasteiger partial charge in [0, 0.05) is 6.42 Å². The molecule has 208 valence electrons. The molecule has 5 rings (SSSR count). The largest absolute Gasteiger partial charge is 0.584 e. The molecule has 0 amide bonds. The van der Waals surface area contributed by atoms with Crippen molar-refractivity contribution in [3.63, 3.8) is 0 Å². The lowest BCUT2D eigenvalue weighted by molar-refractivity contribution is 0.281. The van der Waals surface area contributed by atoms with Crippen molar-refractivity contribution < 1.29 is 18.5 Å². The van der Waals surface area contributed by atoms with E-state index >= 15 is 0 Å². The highest BCUT2D eigenvalue weighted by atomic mass is 31.2. The van der Waals surface area contributed by atoms with Gasteiger partial charge in [-0.15, -0.1) is 0 Å². The lowest BCUT2D eigenvalue weighted by Crippen LogP contribution is -2.19. The molecule has 1 aliphatic heterocycles. The maximum absolute atomic E-state index is 13.7. The first kappa shape index (κ1) is 27.8. The fourth-order valence-electron chi connectivity index (χ4n) is 6.67. The van der Waals surface area contributed by atoms with Gasteiger partial charge in [0.25, 0.3) is 0 Å². The Labute approximate surface area is 230 Å². The summed E-state index contributed by atoms with van der Waals surface area (Å²) in [6.07, 6.45) is 12.3. The molecule has 1 N–H and O–H groups in total. The Bertz CT molecular complexity index is 1130. The first-order chi connectivity index (χ1) is 17.8. The first-order valence-electron chi connectivity index (χ1n) is 14.9. The highest BCUT2D eigenvalue weighted by molar-refractivity contribution is 7.48. The number of hydrogen-bond acceptors (Lipinski definition) is 3. The maximum Gasteiger partial charge on any atom is 0.584 e. The second-order valence-electron chi connectivity index (χ2n) is 14.1. The van der Waals surface area contributed by atoms with E-state index in [1.54, 1.807) is 0 Å². The van der Waals surface area contributed by atoms with Gasteiger partial charge in [0.1, 0.15) is 11.5 Å². The predicted octanol–water partition coefficient (Wildman–Crippen LogP) is 9.84. The summed E-state index contributed by atoms with van der Waals surface area (Å²) in [5.41, 5.74) is 6.65. The molecule has 0 saturated heterocycles. The van der Waals surface area contributed by atoms with E-state index in [0.717, 1.165) is 47.9 Å². The summed E-state index contributed by atoms with van der Waals surface area (Å²) in [6, 6.07) is 8.94. The van der Waals surface area contributed by atoms with Crippen LogP contribution in [-0.4, -0.2) is 4.89 Å². The van der Waals surface area contributed by atoms with Crippen LogP contribution in [0.15, 0.2) is 24.3 Å². The van der Waals surface area contributed by atoms with E-state index in [-0.39, 0.29) is 10.8 Å². The van der Waals surface area contributed by atoms with Crippen LogP contribution in [0.2, 0.25) is 0 Å². The zero-order chi connectivity index (χ0) is 27.3. The molecule has 2 saturated carbocycles. The van der Waals surface area contributed by atoms with Crippen LogP contribution in [0, 0.1) is 0 Å². The molecule has 0 aromatic heterocycles. The number of benzene rings is 2. The second-order valence-corrected chi connectivity index (χ2v) is 15.4. The molecule has 3 aliphatic rings. The SMILES string of the molecule is CC(C)(C)c1cc2c(c(C3CCCCC3)c1)OP(=O)(O)Oc1c(cc(C(C)(C)C)cc1C1CCCCC1)C2. The highest BCUT2D eigenvalue weighted by Crippen LogP contribution is 2.55. The van der Waals surface area contributed by atoms with Gasteiger partial charge in [-0.05, 0) is 81.7 Å². The first-order valence-corrected chi connectivity index (χ1v) is 16.4. The van der Waals surface area contributed by atoms with Crippen LogP contribution < -0.4 is 9.05 Å². The molecule has 5 heteroatoms. The molecular formula is C33H47O4P. The van der Waals surface area contributed by atoms with E-state index in [9.17, 15) is 9.46 Å². The normalized spacial score (nSPS) is 20.9. The zero-order valence-corrected chi connectivity index (χ0v) is 25.3. The van der Waals surface area contributed by atoms with Crippen LogP contribution in [0.3, 0.4) is 0 Å².